The number of nitrogens with zero attached hydrogens (tertiary/aromatic N) is 3. The van der Waals surface area contributed by atoms with Crippen LogP contribution in [0.15, 0.2) is 42.5 Å². The topological polar surface area (TPSA) is 149 Å². The molecule has 3 fully saturated rings. The van der Waals surface area contributed by atoms with Crippen LogP contribution in [-0.4, -0.2) is 112 Å². The van der Waals surface area contributed by atoms with Crippen molar-refractivity contribution in [2.24, 2.45) is 0 Å². The van der Waals surface area contributed by atoms with Crippen molar-refractivity contribution in [3.8, 4) is 11.8 Å². The van der Waals surface area contributed by atoms with E-state index in [1.165, 1.54) is 5.69 Å². The molecule has 5 N–H and O–H groups in total. The van der Waals surface area contributed by atoms with Crippen LogP contribution >= 0.6 is 0 Å². The van der Waals surface area contributed by atoms with Gasteiger partial charge in [-0.1, -0.05) is 24.0 Å². The second-order valence-corrected chi connectivity index (χ2v) is 13.3. The zero-order valence-corrected chi connectivity index (χ0v) is 29.5. The van der Waals surface area contributed by atoms with Gasteiger partial charge in [-0.05, 0) is 95.1 Å². The van der Waals surface area contributed by atoms with Crippen molar-refractivity contribution in [2.75, 3.05) is 70.7 Å². The zero-order valence-electron chi connectivity index (χ0n) is 29.5. The summed E-state index contributed by atoms with van der Waals surface area (Å²) in [7, 11) is 3.98. The number of anilines is 2. The Morgan fingerprint density at radius 3 is 2.40 bits per heavy atom. The van der Waals surface area contributed by atoms with Crippen LogP contribution in [0.4, 0.5) is 11.4 Å². The lowest BCUT2D eigenvalue weighted by Crippen LogP contribution is -2.51. The Kier molecular flexibility index (Phi) is 15.7. The number of piperazine rings is 1. The van der Waals surface area contributed by atoms with E-state index in [0.717, 1.165) is 94.3 Å². The van der Waals surface area contributed by atoms with E-state index < -0.39 is 6.04 Å². The first kappa shape index (κ1) is 38.5. The minimum absolute atomic E-state index is 0.254. The molecule has 0 bridgehead atoms. The van der Waals surface area contributed by atoms with Gasteiger partial charge >= 0.3 is 0 Å². The molecule has 1 aliphatic carbocycles. The molecule has 270 valence electrons. The highest BCUT2D eigenvalue weighted by atomic mass is 16.5. The molecule has 3 aliphatic rings. The van der Waals surface area contributed by atoms with Crippen LogP contribution in [0.25, 0.3) is 0 Å². The highest BCUT2D eigenvalue weighted by Gasteiger charge is 2.30. The third-order valence-electron chi connectivity index (χ3n) is 9.58. The molecule has 2 saturated heterocycles. The van der Waals surface area contributed by atoms with Gasteiger partial charge in [-0.3, -0.25) is 29.4 Å². The number of aldehydes is 1. The Morgan fingerprint density at radius 1 is 1.00 bits per heavy atom. The summed E-state index contributed by atoms with van der Waals surface area (Å²) >= 11 is 0. The van der Waals surface area contributed by atoms with Gasteiger partial charge < -0.3 is 30.9 Å². The fraction of sp³-hybridized carbons (Fsp3) is 0.526. The van der Waals surface area contributed by atoms with E-state index in [1.54, 1.807) is 12.1 Å². The number of ether oxygens (including phenoxy) is 1. The molecule has 50 heavy (non-hydrogen) atoms. The molecule has 0 radical (unpaired) electrons. The number of imide groups is 1. The van der Waals surface area contributed by atoms with Crippen LogP contribution in [0.1, 0.15) is 66.4 Å². The molecule has 12 heteroatoms. The van der Waals surface area contributed by atoms with Gasteiger partial charge in [0.25, 0.3) is 0 Å². The van der Waals surface area contributed by atoms with Crippen molar-refractivity contribution >= 4 is 35.9 Å². The molecule has 2 aliphatic heterocycles. The average molecular weight is 688 g/mol. The number of carbonyl (C=O) groups excluding carboxylic acids is 4. The summed E-state index contributed by atoms with van der Waals surface area (Å²) in [4.78, 5) is 52.4. The number of hydrogen-bond acceptors (Lipinski definition) is 10. The molecular formula is C38H53N7O5. The highest BCUT2D eigenvalue weighted by Crippen LogP contribution is 2.20. The number of likely N-dealkylation sites (N-methyl/N-ethyl adjacent to an activating group) is 2. The first-order chi connectivity index (χ1) is 24.3. The summed E-state index contributed by atoms with van der Waals surface area (Å²) in [5, 5.41) is 8.79. The Labute approximate surface area is 296 Å². The minimum Gasteiger partial charge on any atom is -0.399 e. The number of hydrogen-bond donors (Lipinski definition) is 4. The van der Waals surface area contributed by atoms with Crippen LogP contribution in [0.3, 0.4) is 0 Å². The standard InChI is InChI=1S/C27H36N4O5.C11H17N3/c1-31(25-12-13-26(34)30-27(25)35)17-24-20(5-2-6-21(24)18-32)7-3-15-36-16-4-14-28-22-8-10-23(11-9-22)29-19-33;1-13-6-8-14(9-7-13)11-4-2-10(12)3-5-11/h2,5-6,18-19,22-23,25,28H,4,8-17H2,1H3,(H,29,33)(H,30,34,35);2-5H,6-9,12H2,1H3. The van der Waals surface area contributed by atoms with Gasteiger partial charge in [0, 0.05) is 80.3 Å². The fourth-order valence-electron chi connectivity index (χ4n) is 6.52. The van der Waals surface area contributed by atoms with Gasteiger partial charge in [-0.2, -0.15) is 0 Å². The summed E-state index contributed by atoms with van der Waals surface area (Å²) in [5.74, 6) is 5.58. The molecule has 3 amide bonds. The SMILES string of the molecule is CN(Cc1c(C#CCOCCCNC2CCC(NC=O)CC2)cccc1C=O)C1CCC(=O)NC1=O.CN1CCN(c2ccc(N)cc2)CC1. The monoisotopic (exact) mass is 687 g/mol. The van der Waals surface area contributed by atoms with Crippen LogP contribution in [0.2, 0.25) is 0 Å². The molecule has 12 nitrogen and oxygen atoms in total. The number of carbonyl (C=O) groups is 4. The first-order valence-corrected chi connectivity index (χ1v) is 17.7. The Balaban J connectivity index is 0.000000332. The normalized spacial score (nSPS) is 20.9. The van der Waals surface area contributed by atoms with Gasteiger partial charge in [-0.25, -0.2) is 0 Å². The van der Waals surface area contributed by atoms with E-state index in [0.29, 0.717) is 43.6 Å². The maximum Gasteiger partial charge on any atom is 0.243 e. The molecule has 5 rings (SSSR count). The lowest BCUT2D eigenvalue weighted by atomic mass is 9.91. The summed E-state index contributed by atoms with van der Waals surface area (Å²) in [6.45, 7) is 6.64. The van der Waals surface area contributed by atoms with Gasteiger partial charge in [-0.15, -0.1) is 0 Å². The number of amides is 3. The largest absolute Gasteiger partial charge is 0.399 e. The molecule has 2 heterocycles. The molecule has 2 aromatic rings. The van der Waals surface area contributed by atoms with Crippen LogP contribution in [-0.2, 0) is 25.7 Å². The molecule has 1 unspecified atom stereocenters. The van der Waals surface area contributed by atoms with Gasteiger partial charge in [0.15, 0.2) is 0 Å². The lowest BCUT2D eigenvalue weighted by molar-refractivity contribution is -0.137. The van der Waals surface area contributed by atoms with Crippen molar-refractivity contribution < 1.29 is 23.9 Å². The van der Waals surface area contributed by atoms with Crippen LogP contribution in [0.5, 0.6) is 0 Å². The van der Waals surface area contributed by atoms with E-state index in [-0.39, 0.29) is 18.4 Å². The smallest absolute Gasteiger partial charge is 0.243 e. The van der Waals surface area contributed by atoms with Crippen LogP contribution in [0, 0.1) is 11.8 Å². The maximum absolute atomic E-state index is 12.2. The summed E-state index contributed by atoms with van der Waals surface area (Å²) in [5.41, 5.74) is 9.79. The molecule has 0 aromatic heterocycles. The Bertz CT molecular complexity index is 1460. The maximum atomic E-state index is 12.2. The van der Waals surface area contributed by atoms with Gasteiger partial charge in [0.05, 0.1) is 6.04 Å². The molecule has 2 aromatic carbocycles. The number of piperidine rings is 1. The quantitative estimate of drug-likeness (QED) is 0.0812. The average Bonchev–Trinajstić information content (AvgIpc) is 3.11. The Morgan fingerprint density at radius 2 is 1.72 bits per heavy atom. The van der Waals surface area contributed by atoms with E-state index in [4.69, 9.17) is 10.5 Å². The van der Waals surface area contributed by atoms with Crippen molar-refractivity contribution in [2.45, 2.75) is 69.6 Å². The van der Waals surface area contributed by atoms with Crippen molar-refractivity contribution in [1.29, 1.82) is 0 Å². The van der Waals surface area contributed by atoms with E-state index in [2.05, 4.69) is 56.8 Å². The summed E-state index contributed by atoms with van der Waals surface area (Å²) in [6.07, 6.45) is 7.39. The number of benzene rings is 2. The highest BCUT2D eigenvalue weighted by molar-refractivity contribution is 6.00. The lowest BCUT2D eigenvalue weighted by Gasteiger charge is -2.34. The van der Waals surface area contributed by atoms with Crippen LogP contribution < -0.4 is 26.6 Å². The Hall–Kier alpha value is -4.28. The van der Waals surface area contributed by atoms with E-state index in [1.807, 2.05) is 30.1 Å². The second-order valence-electron chi connectivity index (χ2n) is 13.3. The second kappa shape index (κ2) is 20.4. The van der Waals surface area contributed by atoms with E-state index in [9.17, 15) is 19.2 Å². The van der Waals surface area contributed by atoms with Gasteiger partial charge in [0.1, 0.15) is 12.9 Å². The first-order valence-electron chi connectivity index (χ1n) is 17.7. The molecular weight excluding hydrogens is 634 g/mol. The van der Waals surface area contributed by atoms with Crippen molar-refractivity contribution in [3.63, 3.8) is 0 Å². The third-order valence-corrected chi connectivity index (χ3v) is 9.58. The predicted octanol–water partition coefficient (Wildman–Crippen LogP) is 2.16. The molecule has 0 spiro atoms. The summed E-state index contributed by atoms with van der Waals surface area (Å²) in [6, 6.07) is 13.9. The predicted molar refractivity (Wildman–Crippen MR) is 196 cm³/mol. The number of nitrogen functional groups attached to an aromatic ring is 1. The third kappa shape index (κ3) is 12.2. The van der Waals surface area contributed by atoms with E-state index >= 15 is 0 Å². The zero-order chi connectivity index (χ0) is 35.7. The number of nitrogens with one attached hydrogen (secondary N) is 3. The van der Waals surface area contributed by atoms with Crippen molar-refractivity contribution in [3.05, 3.63) is 59.2 Å². The van der Waals surface area contributed by atoms with Gasteiger partial charge in [0.2, 0.25) is 18.2 Å². The van der Waals surface area contributed by atoms with Crippen molar-refractivity contribution in [1.82, 2.24) is 25.8 Å². The fourth-order valence-corrected chi connectivity index (χ4v) is 6.52. The number of nitrogens with two attached hydrogens (primary N) is 1. The molecule has 1 atom stereocenters. The minimum atomic E-state index is -0.428. The number of rotatable bonds is 13. The summed E-state index contributed by atoms with van der Waals surface area (Å²) < 4.78 is 5.66. The molecule has 1 saturated carbocycles.